The van der Waals surface area contributed by atoms with Gasteiger partial charge in [0.15, 0.2) is 6.04 Å². The molecule has 9 heteroatoms. The van der Waals surface area contributed by atoms with Crippen LogP contribution in [0, 0.1) is 0 Å². The van der Waals surface area contributed by atoms with Crippen molar-refractivity contribution in [3.8, 4) is 0 Å². The highest BCUT2D eigenvalue weighted by atomic mass is 32.2. The second-order valence-electron chi connectivity index (χ2n) is 4.23. The summed E-state index contributed by atoms with van der Waals surface area (Å²) in [6, 6.07) is 4.32. The second-order valence-corrected chi connectivity index (χ2v) is 6.27. The maximum absolute atomic E-state index is 10.9. The summed E-state index contributed by atoms with van der Waals surface area (Å²) in [5.74, 6) is -0.529. The van der Waals surface area contributed by atoms with Crippen LogP contribution in [-0.4, -0.2) is 44.1 Å². The van der Waals surface area contributed by atoms with Crippen molar-refractivity contribution < 1.29 is 19.8 Å². The molecule has 2 aromatic rings. The smallest absolute Gasteiger partial charge is 0.409 e. The Morgan fingerprint density at radius 1 is 1.33 bits per heavy atom. The van der Waals surface area contributed by atoms with Gasteiger partial charge in [-0.05, 0) is 18.2 Å². The first-order valence-electron chi connectivity index (χ1n) is 5.87. The maximum Gasteiger partial charge on any atom is 0.409 e. The number of hydrogen-bond acceptors (Lipinski definition) is 6. The summed E-state index contributed by atoms with van der Waals surface area (Å²) in [4.78, 5) is 30.1. The highest BCUT2D eigenvalue weighted by molar-refractivity contribution is 8.15. The van der Waals surface area contributed by atoms with Gasteiger partial charge in [0.25, 0.3) is 0 Å². The zero-order chi connectivity index (χ0) is 15.0. The van der Waals surface area contributed by atoms with Crippen molar-refractivity contribution in [1.29, 1.82) is 0 Å². The molecule has 7 nitrogen and oxygen atoms in total. The van der Waals surface area contributed by atoms with E-state index in [1.165, 1.54) is 23.1 Å². The van der Waals surface area contributed by atoms with Gasteiger partial charge in [-0.3, -0.25) is 10.3 Å². The molecule has 2 heterocycles. The number of thioether (sulfide) groups is 1. The fourth-order valence-electron chi connectivity index (χ4n) is 1.83. The van der Waals surface area contributed by atoms with Crippen LogP contribution in [-0.2, 0) is 4.79 Å². The Bertz CT molecular complexity index is 771. The third kappa shape index (κ3) is 2.83. The standard InChI is InChI=1S/C12H9N3O4S2/c16-11(17)7-4-20-9(15-7)10-14-6-2-1-5(13-12(18)19)3-8(6)21-10/h1-3,7,13H,4H2,(H,16,17)(H,18,19). The Labute approximate surface area is 126 Å². The number of thiazole rings is 1. The third-order valence-electron chi connectivity index (χ3n) is 2.76. The van der Waals surface area contributed by atoms with Gasteiger partial charge in [-0.15, -0.1) is 23.1 Å². The highest BCUT2D eigenvalue weighted by Gasteiger charge is 2.26. The van der Waals surface area contributed by atoms with Crippen LogP contribution in [0.2, 0.25) is 0 Å². The van der Waals surface area contributed by atoms with Crippen molar-refractivity contribution in [2.45, 2.75) is 6.04 Å². The molecule has 1 amide bonds. The molecule has 1 unspecified atom stereocenters. The van der Waals surface area contributed by atoms with Crippen molar-refractivity contribution in [3.63, 3.8) is 0 Å². The van der Waals surface area contributed by atoms with Crippen molar-refractivity contribution >= 4 is 56.1 Å². The largest absolute Gasteiger partial charge is 0.480 e. The molecule has 108 valence electrons. The Morgan fingerprint density at radius 3 is 2.81 bits per heavy atom. The van der Waals surface area contributed by atoms with Gasteiger partial charge >= 0.3 is 12.1 Å². The first kappa shape index (κ1) is 13.8. The van der Waals surface area contributed by atoms with E-state index in [4.69, 9.17) is 10.2 Å². The average molecular weight is 323 g/mol. The zero-order valence-electron chi connectivity index (χ0n) is 10.4. The van der Waals surface area contributed by atoms with Gasteiger partial charge in [0.1, 0.15) is 10.1 Å². The van der Waals surface area contributed by atoms with Crippen molar-refractivity contribution in [3.05, 3.63) is 23.2 Å². The summed E-state index contributed by atoms with van der Waals surface area (Å²) in [5, 5.41) is 21.2. The third-order valence-corrected chi connectivity index (χ3v) is 4.97. The fourth-order valence-corrected chi connectivity index (χ4v) is 3.94. The van der Waals surface area contributed by atoms with Crippen LogP contribution in [0.3, 0.4) is 0 Å². The summed E-state index contributed by atoms with van der Waals surface area (Å²) in [7, 11) is 0. The lowest BCUT2D eigenvalue weighted by Crippen LogP contribution is -2.17. The summed E-state index contributed by atoms with van der Waals surface area (Å²) in [6.07, 6.45) is -1.13. The summed E-state index contributed by atoms with van der Waals surface area (Å²) >= 11 is 2.73. The average Bonchev–Trinajstić information content (AvgIpc) is 3.03. The van der Waals surface area contributed by atoms with E-state index >= 15 is 0 Å². The van der Waals surface area contributed by atoms with Gasteiger partial charge in [0, 0.05) is 11.4 Å². The van der Waals surface area contributed by atoms with Gasteiger partial charge in [-0.1, -0.05) is 0 Å². The van der Waals surface area contributed by atoms with E-state index in [2.05, 4.69) is 15.3 Å². The van der Waals surface area contributed by atoms with Crippen LogP contribution in [0.1, 0.15) is 5.01 Å². The molecule has 0 aliphatic carbocycles. The van der Waals surface area contributed by atoms with Gasteiger partial charge < -0.3 is 10.2 Å². The Kier molecular flexibility index (Phi) is 3.52. The van der Waals surface area contributed by atoms with Crippen LogP contribution in [0.25, 0.3) is 10.2 Å². The zero-order valence-corrected chi connectivity index (χ0v) is 12.1. The maximum atomic E-state index is 10.9. The molecule has 0 bridgehead atoms. The number of carboxylic acids is 1. The number of anilines is 1. The molecule has 1 atom stereocenters. The van der Waals surface area contributed by atoms with Crippen molar-refractivity contribution in [2.75, 3.05) is 11.1 Å². The SMILES string of the molecule is O=C(O)Nc1ccc2nc(C3=NC(C(=O)O)CS3)sc2c1. The molecule has 1 aromatic heterocycles. The number of aliphatic carboxylic acids is 1. The molecule has 3 N–H and O–H groups in total. The number of amides is 1. The van der Waals surface area contributed by atoms with Crippen molar-refractivity contribution in [2.24, 2.45) is 4.99 Å². The Hall–Kier alpha value is -2.13. The highest BCUT2D eigenvalue weighted by Crippen LogP contribution is 2.31. The lowest BCUT2D eigenvalue weighted by Gasteiger charge is -1.98. The summed E-state index contributed by atoms with van der Waals surface area (Å²) in [6.45, 7) is 0. The molecule has 0 saturated carbocycles. The monoisotopic (exact) mass is 323 g/mol. The molecule has 1 aliphatic rings. The van der Waals surface area contributed by atoms with Gasteiger partial charge in [-0.2, -0.15) is 0 Å². The lowest BCUT2D eigenvalue weighted by molar-refractivity contribution is -0.137. The number of aliphatic imine (C=N–C) groups is 1. The van der Waals surface area contributed by atoms with Crippen molar-refractivity contribution in [1.82, 2.24) is 4.98 Å². The van der Waals surface area contributed by atoms with Crippen LogP contribution in [0.15, 0.2) is 23.2 Å². The number of fused-ring (bicyclic) bond motifs is 1. The van der Waals surface area contributed by atoms with Gasteiger partial charge in [-0.25, -0.2) is 14.6 Å². The minimum Gasteiger partial charge on any atom is -0.480 e. The number of nitrogens with zero attached hydrogens (tertiary/aromatic N) is 2. The van der Waals surface area contributed by atoms with Crippen LogP contribution >= 0.6 is 23.1 Å². The van der Waals surface area contributed by atoms with E-state index in [0.717, 1.165) is 10.2 Å². The summed E-state index contributed by atoms with van der Waals surface area (Å²) < 4.78 is 0.818. The molecular weight excluding hydrogens is 314 g/mol. The number of benzene rings is 1. The minimum atomic E-state index is -1.13. The molecule has 1 aliphatic heterocycles. The van der Waals surface area contributed by atoms with Gasteiger partial charge in [0.2, 0.25) is 0 Å². The number of nitrogens with one attached hydrogen (secondary N) is 1. The van der Waals surface area contributed by atoms with E-state index in [-0.39, 0.29) is 0 Å². The normalized spacial score (nSPS) is 17.7. The second kappa shape index (κ2) is 5.34. The number of carboxylic acid groups (broad SMARTS) is 2. The first-order valence-corrected chi connectivity index (χ1v) is 7.67. The molecule has 0 fully saturated rings. The van der Waals surface area contributed by atoms with Gasteiger partial charge in [0.05, 0.1) is 10.2 Å². The predicted molar refractivity (Wildman–Crippen MR) is 81.7 cm³/mol. The van der Waals surface area contributed by atoms with E-state index in [1.54, 1.807) is 18.2 Å². The molecule has 1 aromatic carbocycles. The first-order chi connectivity index (χ1) is 10.0. The van der Waals surface area contributed by atoms with E-state index < -0.39 is 18.1 Å². The lowest BCUT2D eigenvalue weighted by atomic mass is 10.3. The quantitative estimate of drug-likeness (QED) is 0.799. The van der Waals surface area contributed by atoms with E-state index in [1.807, 2.05) is 0 Å². The molecule has 21 heavy (non-hydrogen) atoms. The number of aromatic nitrogens is 1. The number of rotatable bonds is 3. The Morgan fingerprint density at radius 2 is 2.14 bits per heavy atom. The summed E-state index contributed by atoms with van der Waals surface area (Å²) in [5.41, 5.74) is 1.20. The minimum absolute atomic E-state index is 0.409. The predicted octanol–water partition coefficient (Wildman–Crippen LogP) is 2.33. The Balaban J connectivity index is 1.93. The fraction of sp³-hybridized carbons (Fsp3) is 0.167. The van der Waals surface area contributed by atoms with E-state index in [9.17, 15) is 9.59 Å². The number of hydrogen-bond donors (Lipinski definition) is 3. The van der Waals surface area contributed by atoms with Crippen LogP contribution in [0.4, 0.5) is 10.5 Å². The molecular formula is C12H9N3O4S2. The van der Waals surface area contributed by atoms with Crippen LogP contribution < -0.4 is 5.32 Å². The van der Waals surface area contributed by atoms with Crippen LogP contribution in [0.5, 0.6) is 0 Å². The van der Waals surface area contributed by atoms with E-state index in [0.29, 0.717) is 21.5 Å². The molecule has 0 saturated heterocycles. The molecule has 0 spiro atoms. The topological polar surface area (TPSA) is 112 Å². The molecule has 3 rings (SSSR count). The molecule has 0 radical (unpaired) electrons. The number of carbonyl (C=O) groups is 2.